The van der Waals surface area contributed by atoms with Crippen LogP contribution in [0.2, 0.25) is 0 Å². The number of nitrogens with one attached hydrogen (secondary N) is 1. The molecule has 0 aliphatic rings. The van der Waals surface area contributed by atoms with Crippen LogP contribution in [0.4, 0.5) is 5.69 Å². The first-order valence-corrected chi connectivity index (χ1v) is 8.84. The summed E-state index contributed by atoms with van der Waals surface area (Å²) in [6.07, 6.45) is 0.454. The molecule has 116 valence electrons. The number of benzene rings is 2. The Hall–Kier alpha value is -1.08. The zero-order valence-corrected chi connectivity index (χ0v) is 16.2. The lowest BCUT2D eigenvalue weighted by Crippen LogP contribution is -2.13. The summed E-state index contributed by atoms with van der Waals surface area (Å²) in [5.41, 5.74) is 2.96. The van der Waals surface area contributed by atoms with Gasteiger partial charge in [-0.15, -0.1) is 0 Å². The zero-order valence-electron chi connectivity index (χ0n) is 12.5. The van der Waals surface area contributed by atoms with Gasteiger partial charge in [0.25, 0.3) is 0 Å². The number of carbonyl (C=O) groups is 1. The molecule has 0 atom stereocenters. The molecule has 22 heavy (non-hydrogen) atoms. The Morgan fingerprint density at radius 1 is 1.32 bits per heavy atom. The summed E-state index contributed by atoms with van der Waals surface area (Å²) in [6, 6.07) is 11.8. The fourth-order valence-electron chi connectivity index (χ4n) is 1.93. The Bertz CT molecular complexity index is 688. The molecule has 2 rings (SSSR count). The molecule has 0 saturated carbocycles. The van der Waals surface area contributed by atoms with Crippen molar-refractivity contribution in [3.8, 4) is 5.75 Å². The molecule has 1 amide bonds. The SMILES string of the molecule is CCC(=O)Nc1cccc(I)c1COc1ccc(C)cc1Br. The number of carbonyl (C=O) groups excluding carboxylic acids is 1. The highest BCUT2D eigenvalue weighted by atomic mass is 127. The third-order valence-electron chi connectivity index (χ3n) is 3.17. The summed E-state index contributed by atoms with van der Waals surface area (Å²) >= 11 is 5.77. The predicted octanol–water partition coefficient (Wildman–Crippen LogP) is 5.29. The Balaban J connectivity index is 2.19. The Kier molecular flexibility index (Phi) is 6.26. The Morgan fingerprint density at radius 3 is 2.77 bits per heavy atom. The van der Waals surface area contributed by atoms with Crippen LogP contribution >= 0.6 is 38.5 Å². The van der Waals surface area contributed by atoms with E-state index >= 15 is 0 Å². The molecule has 5 heteroatoms. The lowest BCUT2D eigenvalue weighted by Gasteiger charge is -2.14. The Morgan fingerprint density at radius 2 is 2.09 bits per heavy atom. The van der Waals surface area contributed by atoms with E-state index in [1.165, 1.54) is 5.56 Å². The van der Waals surface area contributed by atoms with Crippen molar-refractivity contribution in [2.75, 3.05) is 5.32 Å². The fourth-order valence-corrected chi connectivity index (χ4v) is 3.20. The number of anilines is 1. The van der Waals surface area contributed by atoms with Crippen LogP contribution in [-0.2, 0) is 11.4 Å². The van der Waals surface area contributed by atoms with Gasteiger partial charge in [-0.2, -0.15) is 0 Å². The Labute approximate surface area is 152 Å². The van der Waals surface area contributed by atoms with Gasteiger partial charge in [0.2, 0.25) is 5.91 Å². The van der Waals surface area contributed by atoms with Gasteiger partial charge < -0.3 is 10.1 Å². The number of ether oxygens (including phenoxy) is 1. The molecule has 2 aromatic rings. The second kappa shape index (κ2) is 7.97. The van der Waals surface area contributed by atoms with Crippen molar-refractivity contribution in [1.29, 1.82) is 0 Å². The third kappa shape index (κ3) is 4.46. The summed E-state index contributed by atoms with van der Waals surface area (Å²) in [5, 5.41) is 2.93. The van der Waals surface area contributed by atoms with Crippen molar-refractivity contribution in [2.45, 2.75) is 26.9 Å². The minimum absolute atomic E-state index is 0.000216. The quantitative estimate of drug-likeness (QED) is 0.599. The van der Waals surface area contributed by atoms with E-state index in [4.69, 9.17) is 4.74 Å². The third-order valence-corrected chi connectivity index (χ3v) is 4.80. The highest BCUT2D eigenvalue weighted by molar-refractivity contribution is 14.1. The molecule has 2 aromatic carbocycles. The van der Waals surface area contributed by atoms with E-state index in [1.54, 1.807) is 0 Å². The van der Waals surface area contributed by atoms with Crippen LogP contribution in [0.3, 0.4) is 0 Å². The summed E-state index contributed by atoms with van der Waals surface area (Å²) in [4.78, 5) is 11.6. The second-order valence-corrected chi connectivity index (χ2v) is 6.91. The second-order valence-electron chi connectivity index (χ2n) is 4.89. The normalized spacial score (nSPS) is 10.4. The van der Waals surface area contributed by atoms with E-state index in [-0.39, 0.29) is 5.91 Å². The van der Waals surface area contributed by atoms with Crippen molar-refractivity contribution in [3.63, 3.8) is 0 Å². The first kappa shape index (κ1) is 17.3. The largest absolute Gasteiger partial charge is 0.488 e. The van der Waals surface area contributed by atoms with Crippen LogP contribution in [0.5, 0.6) is 5.75 Å². The van der Waals surface area contributed by atoms with Crippen LogP contribution in [0.1, 0.15) is 24.5 Å². The van der Waals surface area contributed by atoms with Gasteiger partial charge in [-0.3, -0.25) is 4.79 Å². The summed E-state index contributed by atoms with van der Waals surface area (Å²) in [5.74, 6) is 0.790. The molecule has 0 aromatic heterocycles. The fraction of sp³-hybridized carbons (Fsp3) is 0.235. The average Bonchev–Trinajstić information content (AvgIpc) is 2.48. The molecule has 3 nitrogen and oxygen atoms in total. The van der Waals surface area contributed by atoms with Crippen LogP contribution in [-0.4, -0.2) is 5.91 Å². The van der Waals surface area contributed by atoms with Gasteiger partial charge in [-0.25, -0.2) is 0 Å². The molecule has 0 bridgehead atoms. The van der Waals surface area contributed by atoms with Crippen LogP contribution < -0.4 is 10.1 Å². The molecule has 0 aliphatic carbocycles. The molecular weight excluding hydrogens is 457 g/mol. The van der Waals surface area contributed by atoms with Crippen LogP contribution in [0.25, 0.3) is 0 Å². The molecule has 0 radical (unpaired) electrons. The van der Waals surface area contributed by atoms with E-state index in [0.29, 0.717) is 13.0 Å². The monoisotopic (exact) mass is 473 g/mol. The van der Waals surface area contributed by atoms with Crippen molar-refractivity contribution in [3.05, 3.63) is 55.6 Å². The number of hydrogen-bond acceptors (Lipinski definition) is 2. The molecule has 0 unspecified atom stereocenters. The average molecular weight is 474 g/mol. The number of rotatable bonds is 5. The van der Waals surface area contributed by atoms with Crippen molar-refractivity contribution < 1.29 is 9.53 Å². The van der Waals surface area contributed by atoms with Gasteiger partial charge in [0.15, 0.2) is 0 Å². The maximum Gasteiger partial charge on any atom is 0.224 e. The van der Waals surface area contributed by atoms with Crippen molar-refractivity contribution in [1.82, 2.24) is 0 Å². The van der Waals surface area contributed by atoms with Gasteiger partial charge in [-0.05, 0) is 75.3 Å². The van der Waals surface area contributed by atoms with E-state index in [0.717, 1.165) is 25.0 Å². The van der Waals surface area contributed by atoms with E-state index in [9.17, 15) is 4.79 Å². The minimum Gasteiger partial charge on any atom is -0.488 e. The van der Waals surface area contributed by atoms with Gasteiger partial charge in [0.05, 0.1) is 4.47 Å². The number of amides is 1. The number of halogens is 2. The summed E-state index contributed by atoms with van der Waals surface area (Å²) in [6.45, 7) is 4.27. The first-order valence-electron chi connectivity index (χ1n) is 6.97. The maximum absolute atomic E-state index is 11.6. The van der Waals surface area contributed by atoms with E-state index in [1.807, 2.05) is 50.2 Å². The molecule has 0 saturated heterocycles. The zero-order chi connectivity index (χ0) is 16.1. The summed E-state index contributed by atoms with van der Waals surface area (Å²) < 4.78 is 7.90. The molecule has 1 N–H and O–H groups in total. The van der Waals surface area contributed by atoms with Crippen molar-refractivity contribution >= 4 is 50.1 Å². The highest BCUT2D eigenvalue weighted by Gasteiger charge is 2.11. The summed E-state index contributed by atoms with van der Waals surface area (Å²) in [7, 11) is 0. The predicted molar refractivity (Wildman–Crippen MR) is 101 cm³/mol. The standard InChI is InChI=1S/C17H17BrINO2/c1-3-17(21)20-15-6-4-5-14(19)12(15)10-22-16-8-7-11(2)9-13(16)18/h4-9H,3,10H2,1-2H3,(H,20,21). The van der Waals surface area contributed by atoms with Gasteiger partial charge >= 0.3 is 0 Å². The van der Waals surface area contributed by atoms with Gasteiger partial charge in [0.1, 0.15) is 12.4 Å². The maximum atomic E-state index is 11.6. The minimum atomic E-state index is -0.000216. The van der Waals surface area contributed by atoms with Gasteiger partial charge in [-0.1, -0.05) is 19.1 Å². The molecule has 0 fully saturated rings. The van der Waals surface area contributed by atoms with Crippen molar-refractivity contribution in [2.24, 2.45) is 0 Å². The van der Waals surface area contributed by atoms with E-state index < -0.39 is 0 Å². The number of aryl methyl sites for hydroxylation is 1. The molecule has 0 spiro atoms. The lowest BCUT2D eigenvalue weighted by atomic mass is 10.2. The number of hydrogen-bond donors (Lipinski definition) is 1. The molecule has 0 aliphatic heterocycles. The lowest BCUT2D eigenvalue weighted by molar-refractivity contribution is -0.115. The van der Waals surface area contributed by atoms with Crippen LogP contribution in [0, 0.1) is 10.5 Å². The van der Waals surface area contributed by atoms with Crippen LogP contribution in [0.15, 0.2) is 40.9 Å². The van der Waals surface area contributed by atoms with E-state index in [2.05, 4.69) is 43.8 Å². The topological polar surface area (TPSA) is 38.3 Å². The highest BCUT2D eigenvalue weighted by Crippen LogP contribution is 2.29. The molecular formula is C17H17BrINO2. The smallest absolute Gasteiger partial charge is 0.224 e. The van der Waals surface area contributed by atoms with Gasteiger partial charge in [0, 0.05) is 21.2 Å². The molecule has 0 heterocycles. The first-order chi connectivity index (χ1) is 10.5.